The highest BCUT2D eigenvalue weighted by Gasteiger charge is 2.30. The molecule has 5 aromatic rings. The Balaban J connectivity index is 1.38. The van der Waals surface area contributed by atoms with Gasteiger partial charge < -0.3 is 9.73 Å². The number of aromatic nitrogens is 2. The van der Waals surface area contributed by atoms with Gasteiger partial charge in [0.25, 0.3) is 0 Å². The Labute approximate surface area is 203 Å². The van der Waals surface area contributed by atoms with Gasteiger partial charge in [0.1, 0.15) is 17.3 Å². The van der Waals surface area contributed by atoms with E-state index < -0.39 is 10.0 Å². The molecule has 0 saturated carbocycles. The maximum atomic E-state index is 12.4. The Morgan fingerprint density at radius 1 is 0.943 bits per heavy atom. The standard InChI is InChI=1S/C27H24N4O3S/c1-17(2)30-35(32,33)19-13-11-18(12-14-19)24-15-16-25(34-24)27-28-21-8-4-3-7-20(21)26-29-22-9-5-6-10-23(22)31(26)27/h3-17,27-28,30H,1-2H3/t27-/m1/s1. The third-order valence-electron chi connectivity index (χ3n) is 6.05. The van der Waals surface area contributed by atoms with Crippen LogP contribution in [0.15, 0.2) is 94.2 Å². The van der Waals surface area contributed by atoms with Crippen LogP contribution in [-0.4, -0.2) is 24.0 Å². The highest BCUT2D eigenvalue weighted by molar-refractivity contribution is 7.89. The van der Waals surface area contributed by atoms with E-state index in [0.29, 0.717) is 5.76 Å². The van der Waals surface area contributed by atoms with Crippen molar-refractivity contribution in [1.29, 1.82) is 0 Å². The molecule has 1 atom stereocenters. The van der Waals surface area contributed by atoms with Crippen molar-refractivity contribution >= 4 is 26.7 Å². The maximum absolute atomic E-state index is 12.4. The summed E-state index contributed by atoms with van der Waals surface area (Å²) in [6.45, 7) is 3.59. The van der Waals surface area contributed by atoms with E-state index in [9.17, 15) is 8.42 Å². The number of hydrogen-bond acceptors (Lipinski definition) is 5. The number of nitrogens with zero attached hydrogens (tertiary/aromatic N) is 2. The number of fused-ring (bicyclic) bond motifs is 5. The molecule has 0 spiro atoms. The van der Waals surface area contributed by atoms with Crippen LogP contribution in [0.4, 0.5) is 5.69 Å². The summed E-state index contributed by atoms with van der Waals surface area (Å²) in [6.07, 6.45) is -0.282. The first-order valence-electron chi connectivity index (χ1n) is 11.5. The van der Waals surface area contributed by atoms with Crippen molar-refractivity contribution in [2.24, 2.45) is 0 Å². The summed E-state index contributed by atoms with van der Waals surface area (Å²) in [5, 5.41) is 3.60. The Kier molecular flexibility index (Phi) is 5.01. The second-order valence-corrected chi connectivity index (χ2v) is 10.6. The van der Waals surface area contributed by atoms with Crippen LogP contribution in [0, 0.1) is 0 Å². The summed E-state index contributed by atoms with van der Waals surface area (Å²) < 4.78 is 36.0. The van der Waals surface area contributed by atoms with Crippen LogP contribution in [0.3, 0.4) is 0 Å². The van der Waals surface area contributed by atoms with Gasteiger partial charge in [-0.25, -0.2) is 18.1 Å². The van der Waals surface area contributed by atoms with Crippen molar-refractivity contribution < 1.29 is 12.8 Å². The fourth-order valence-electron chi connectivity index (χ4n) is 4.54. The van der Waals surface area contributed by atoms with Crippen LogP contribution in [0.2, 0.25) is 0 Å². The number of anilines is 1. The summed E-state index contributed by atoms with van der Waals surface area (Å²) in [5.41, 5.74) is 4.76. The zero-order valence-corrected chi connectivity index (χ0v) is 20.1. The zero-order valence-electron chi connectivity index (χ0n) is 19.3. The Morgan fingerprint density at radius 2 is 1.69 bits per heavy atom. The van der Waals surface area contributed by atoms with E-state index in [2.05, 4.69) is 26.7 Å². The average molecular weight is 485 g/mol. The number of rotatable bonds is 5. The van der Waals surface area contributed by atoms with E-state index in [-0.39, 0.29) is 17.1 Å². The molecule has 0 aliphatic carbocycles. The minimum Gasteiger partial charge on any atom is -0.457 e. The van der Waals surface area contributed by atoms with E-state index in [1.54, 1.807) is 38.1 Å². The SMILES string of the molecule is CC(C)NS(=O)(=O)c1ccc(-c2ccc([C@@H]3Nc4ccccc4-c4nc5ccccc5n43)o2)cc1. The van der Waals surface area contributed by atoms with E-state index in [4.69, 9.17) is 9.40 Å². The summed E-state index contributed by atoms with van der Waals surface area (Å²) in [4.78, 5) is 5.13. The topological polar surface area (TPSA) is 89.2 Å². The molecule has 2 aromatic heterocycles. The number of nitrogens with one attached hydrogen (secondary N) is 2. The lowest BCUT2D eigenvalue weighted by molar-refractivity contribution is 0.465. The van der Waals surface area contributed by atoms with Gasteiger partial charge in [0.05, 0.1) is 15.9 Å². The first-order valence-corrected chi connectivity index (χ1v) is 12.9. The molecule has 0 amide bonds. The molecule has 3 heterocycles. The predicted octanol–water partition coefficient (Wildman–Crippen LogP) is 5.62. The molecule has 2 N–H and O–H groups in total. The molecule has 6 rings (SSSR count). The lowest BCUT2D eigenvalue weighted by Crippen LogP contribution is -2.30. The maximum Gasteiger partial charge on any atom is 0.240 e. The highest BCUT2D eigenvalue weighted by Crippen LogP contribution is 2.41. The molecule has 0 saturated heterocycles. The van der Waals surface area contributed by atoms with Crippen LogP contribution in [0.1, 0.15) is 25.8 Å². The second kappa shape index (κ2) is 8.11. The number of sulfonamides is 1. The summed E-state index contributed by atoms with van der Waals surface area (Å²) in [5.74, 6) is 2.28. The molecule has 1 aliphatic rings. The number of para-hydroxylation sites is 3. The van der Waals surface area contributed by atoms with Crippen molar-refractivity contribution in [1.82, 2.24) is 14.3 Å². The predicted molar refractivity (Wildman–Crippen MR) is 137 cm³/mol. The normalized spacial score (nSPS) is 15.1. The molecule has 3 aromatic carbocycles. The third kappa shape index (κ3) is 3.71. The van der Waals surface area contributed by atoms with Crippen LogP contribution in [-0.2, 0) is 10.0 Å². The third-order valence-corrected chi connectivity index (χ3v) is 7.72. The van der Waals surface area contributed by atoms with Crippen LogP contribution in [0.25, 0.3) is 33.7 Å². The van der Waals surface area contributed by atoms with E-state index in [1.165, 1.54) is 0 Å². The Morgan fingerprint density at radius 3 is 2.49 bits per heavy atom. The minimum absolute atomic E-state index is 0.176. The highest BCUT2D eigenvalue weighted by atomic mass is 32.2. The number of imidazole rings is 1. The molecule has 0 fully saturated rings. The van der Waals surface area contributed by atoms with E-state index in [0.717, 1.165) is 39.4 Å². The quantitative estimate of drug-likeness (QED) is 0.338. The Bertz CT molecular complexity index is 1650. The van der Waals surface area contributed by atoms with Gasteiger partial charge in [0.15, 0.2) is 6.17 Å². The van der Waals surface area contributed by atoms with Crippen molar-refractivity contribution in [3.8, 4) is 22.7 Å². The fourth-order valence-corrected chi connectivity index (χ4v) is 5.79. The van der Waals surface area contributed by atoms with Crippen molar-refractivity contribution in [2.75, 3.05) is 5.32 Å². The molecule has 1 aliphatic heterocycles. The molecule has 176 valence electrons. The van der Waals surface area contributed by atoms with Crippen molar-refractivity contribution in [2.45, 2.75) is 31.0 Å². The molecule has 8 heteroatoms. The van der Waals surface area contributed by atoms with Gasteiger partial charge in [-0.05, 0) is 74.5 Å². The molecular formula is C27H24N4O3S. The van der Waals surface area contributed by atoms with E-state index >= 15 is 0 Å². The molecule has 7 nitrogen and oxygen atoms in total. The van der Waals surface area contributed by atoms with Gasteiger partial charge in [-0.2, -0.15) is 0 Å². The largest absolute Gasteiger partial charge is 0.457 e. The summed E-state index contributed by atoms with van der Waals surface area (Å²) in [6, 6.07) is 26.6. The monoisotopic (exact) mass is 484 g/mol. The van der Waals surface area contributed by atoms with Crippen LogP contribution < -0.4 is 10.0 Å². The number of hydrogen-bond donors (Lipinski definition) is 2. The lowest BCUT2D eigenvalue weighted by Gasteiger charge is -2.28. The van der Waals surface area contributed by atoms with Gasteiger partial charge in [0.2, 0.25) is 10.0 Å². The van der Waals surface area contributed by atoms with Crippen molar-refractivity contribution in [3.05, 3.63) is 90.7 Å². The first kappa shape index (κ1) is 21.6. The van der Waals surface area contributed by atoms with Gasteiger partial charge in [-0.15, -0.1) is 0 Å². The van der Waals surface area contributed by atoms with Gasteiger partial charge >= 0.3 is 0 Å². The zero-order chi connectivity index (χ0) is 24.2. The lowest BCUT2D eigenvalue weighted by atomic mass is 10.1. The molecule has 0 radical (unpaired) electrons. The fraction of sp³-hybridized carbons (Fsp3) is 0.148. The Hall–Kier alpha value is -3.88. The van der Waals surface area contributed by atoms with Crippen LogP contribution in [0.5, 0.6) is 0 Å². The van der Waals surface area contributed by atoms with Gasteiger partial charge in [-0.1, -0.05) is 24.3 Å². The van der Waals surface area contributed by atoms with Crippen molar-refractivity contribution in [3.63, 3.8) is 0 Å². The first-order chi connectivity index (χ1) is 16.9. The molecular weight excluding hydrogens is 460 g/mol. The number of furan rings is 1. The van der Waals surface area contributed by atoms with Gasteiger partial charge in [-0.3, -0.25) is 4.57 Å². The van der Waals surface area contributed by atoms with Crippen LogP contribution >= 0.6 is 0 Å². The summed E-state index contributed by atoms with van der Waals surface area (Å²) >= 11 is 0. The molecule has 0 bridgehead atoms. The molecule has 0 unspecified atom stereocenters. The molecule has 35 heavy (non-hydrogen) atoms. The number of benzene rings is 3. The average Bonchev–Trinajstić information content (AvgIpc) is 3.49. The smallest absolute Gasteiger partial charge is 0.240 e. The van der Waals surface area contributed by atoms with Gasteiger partial charge in [0, 0.05) is 22.9 Å². The second-order valence-electron chi connectivity index (χ2n) is 8.89. The summed E-state index contributed by atoms with van der Waals surface area (Å²) in [7, 11) is -3.55. The minimum atomic E-state index is -3.55. The van der Waals surface area contributed by atoms with E-state index in [1.807, 2.05) is 48.5 Å².